The second-order valence-electron chi connectivity index (χ2n) is 7.46. The van der Waals surface area contributed by atoms with Crippen LogP contribution in [0.1, 0.15) is 29.3 Å². The number of nitrogens with zero attached hydrogens (tertiary/aromatic N) is 3. The molecule has 10 nitrogen and oxygen atoms in total. The minimum absolute atomic E-state index is 0.0236. The van der Waals surface area contributed by atoms with Crippen LogP contribution >= 0.6 is 0 Å². The number of carbonyl (C=O) groups is 2. The number of nitrogen functional groups attached to an aromatic ring is 1. The molecule has 1 aromatic carbocycles. The van der Waals surface area contributed by atoms with Gasteiger partial charge in [-0.3, -0.25) is 28.4 Å². The number of likely N-dealkylation sites (N-methyl/N-ethyl adjacent to an activating group) is 1. The van der Waals surface area contributed by atoms with Crippen LogP contribution in [0.5, 0.6) is 0 Å². The van der Waals surface area contributed by atoms with Crippen LogP contribution in [0.3, 0.4) is 0 Å². The molecule has 0 aliphatic heterocycles. The Hall–Kier alpha value is -3.24. The number of nitrogens with one attached hydrogen (secondary N) is 1. The van der Waals surface area contributed by atoms with Crippen LogP contribution in [0.15, 0.2) is 39.9 Å². The average molecular weight is 446 g/mol. The molecule has 32 heavy (non-hydrogen) atoms. The summed E-state index contributed by atoms with van der Waals surface area (Å²) in [5, 5.41) is 2.74. The molecule has 2 rings (SSSR count). The quantitative estimate of drug-likeness (QED) is 0.346. The summed E-state index contributed by atoms with van der Waals surface area (Å²) in [6.45, 7) is 2.67. The molecule has 2 aromatic rings. The summed E-state index contributed by atoms with van der Waals surface area (Å²) in [5.74, 6) is -0.966. The van der Waals surface area contributed by atoms with Gasteiger partial charge in [-0.15, -0.1) is 0 Å². The second-order valence-corrected chi connectivity index (χ2v) is 7.46. The van der Waals surface area contributed by atoms with Crippen molar-refractivity contribution in [1.82, 2.24) is 19.4 Å². The first kappa shape index (κ1) is 25.0. The molecule has 10 heteroatoms. The van der Waals surface area contributed by atoms with Crippen molar-refractivity contribution in [1.29, 1.82) is 0 Å². The van der Waals surface area contributed by atoms with Gasteiger partial charge in [0.25, 0.3) is 5.56 Å². The van der Waals surface area contributed by atoms with Crippen LogP contribution in [-0.4, -0.2) is 66.1 Å². The second kappa shape index (κ2) is 12.0. The van der Waals surface area contributed by atoms with Crippen LogP contribution in [0.25, 0.3) is 0 Å². The summed E-state index contributed by atoms with van der Waals surface area (Å²) >= 11 is 0. The van der Waals surface area contributed by atoms with Gasteiger partial charge in [-0.25, -0.2) is 4.79 Å². The normalized spacial score (nSPS) is 11.0. The number of benzene rings is 1. The van der Waals surface area contributed by atoms with E-state index in [4.69, 9.17) is 10.5 Å². The maximum absolute atomic E-state index is 13.0. The number of amides is 1. The van der Waals surface area contributed by atoms with Crippen LogP contribution in [0.4, 0.5) is 5.82 Å². The summed E-state index contributed by atoms with van der Waals surface area (Å²) in [5.41, 5.74) is 5.42. The predicted octanol–water partition coefficient (Wildman–Crippen LogP) is -0.0724. The van der Waals surface area contributed by atoms with Crippen molar-refractivity contribution in [3.8, 4) is 0 Å². The lowest BCUT2D eigenvalue weighted by atomic mass is 10.1. The predicted molar refractivity (Wildman–Crippen MR) is 122 cm³/mol. The Morgan fingerprint density at radius 1 is 1.12 bits per heavy atom. The lowest BCUT2D eigenvalue weighted by Gasteiger charge is -2.18. The number of anilines is 1. The molecule has 0 aliphatic rings. The largest absolute Gasteiger partial charge is 0.385 e. The number of ketones is 1. The molecule has 1 amide bonds. The first-order valence-corrected chi connectivity index (χ1v) is 10.4. The molecule has 0 atom stereocenters. The summed E-state index contributed by atoms with van der Waals surface area (Å²) in [4.78, 5) is 52.1. The third-order valence-corrected chi connectivity index (χ3v) is 4.92. The van der Waals surface area contributed by atoms with Crippen molar-refractivity contribution >= 4 is 17.5 Å². The highest BCUT2D eigenvalue weighted by atomic mass is 16.5. The Balaban J connectivity index is 2.23. The SMILES string of the molecule is CCn1c(=O)c(C(=O)CN(C)CC(=O)NCCCOC)c(N)n(Cc2ccccc2)c1=O. The highest BCUT2D eigenvalue weighted by molar-refractivity contribution is 6.01. The van der Waals surface area contributed by atoms with Gasteiger partial charge in [0.1, 0.15) is 11.4 Å². The Kier molecular flexibility index (Phi) is 9.36. The first-order chi connectivity index (χ1) is 15.3. The van der Waals surface area contributed by atoms with Crippen LogP contribution < -0.4 is 22.3 Å². The maximum atomic E-state index is 13.0. The third kappa shape index (κ3) is 6.38. The van der Waals surface area contributed by atoms with Crippen molar-refractivity contribution < 1.29 is 14.3 Å². The van der Waals surface area contributed by atoms with Crippen molar-refractivity contribution in [3.63, 3.8) is 0 Å². The molecule has 0 spiro atoms. The number of aromatic nitrogens is 2. The van der Waals surface area contributed by atoms with Gasteiger partial charge >= 0.3 is 5.69 Å². The van der Waals surface area contributed by atoms with Gasteiger partial charge in [-0.05, 0) is 26.0 Å². The lowest BCUT2D eigenvalue weighted by Crippen LogP contribution is -2.45. The van der Waals surface area contributed by atoms with Gasteiger partial charge < -0.3 is 15.8 Å². The Morgan fingerprint density at radius 2 is 1.81 bits per heavy atom. The van der Waals surface area contributed by atoms with E-state index >= 15 is 0 Å². The number of ether oxygens (including phenoxy) is 1. The number of hydrogen-bond donors (Lipinski definition) is 2. The standard InChI is InChI=1S/C22H31N5O5/c1-4-26-21(30)19(17(28)14-25(2)15-18(29)24-11-8-12-32-3)20(23)27(22(26)31)13-16-9-6-5-7-10-16/h5-7,9-10H,4,8,11-15,23H2,1-3H3,(H,24,29). The van der Waals surface area contributed by atoms with E-state index < -0.39 is 17.0 Å². The summed E-state index contributed by atoms with van der Waals surface area (Å²) in [6, 6.07) is 9.16. The highest BCUT2D eigenvalue weighted by Crippen LogP contribution is 2.10. The molecule has 0 saturated carbocycles. The van der Waals surface area contributed by atoms with Gasteiger partial charge in [0, 0.05) is 26.8 Å². The van der Waals surface area contributed by atoms with E-state index in [1.54, 1.807) is 21.1 Å². The molecular formula is C22H31N5O5. The van der Waals surface area contributed by atoms with Gasteiger partial charge in [-0.2, -0.15) is 0 Å². The fraction of sp³-hybridized carbons (Fsp3) is 0.455. The number of carbonyl (C=O) groups excluding carboxylic acids is 2. The number of rotatable bonds is 12. The summed E-state index contributed by atoms with van der Waals surface area (Å²) in [6.07, 6.45) is 0.681. The molecule has 174 valence electrons. The lowest BCUT2D eigenvalue weighted by molar-refractivity contribution is -0.121. The minimum Gasteiger partial charge on any atom is -0.385 e. The van der Waals surface area contributed by atoms with E-state index in [9.17, 15) is 19.2 Å². The molecule has 1 heterocycles. The maximum Gasteiger partial charge on any atom is 0.332 e. The van der Waals surface area contributed by atoms with E-state index in [-0.39, 0.29) is 43.5 Å². The molecule has 0 bridgehead atoms. The van der Waals surface area contributed by atoms with Crippen molar-refractivity contribution in [2.24, 2.45) is 0 Å². The topological polar surface area (TPSA) is 129 Å². The Morgan fingerprint density at radius 3 is 2.44 bits per heavy atom. The Bertz CT molecular complexity index is 1050. The highest BCUT2D eigenvalue weighted by Gasteiger charge is 2.23. The van der Waals surface area contributed by atoms with Gasteiger partial charge in [0.2, 0.25) is 5.91 Å². The van der Waals surface area contributed by atoms with Gasteiger partial charge in [0.15, 0.2) is 5.78 Å². The molecule has 1 aromatic heterocycles. The number of Topliss-reactive ketones (excluding diaryl/α,β-unsaturated/α-hetero) is 1. The number of hydrogen-bond acceptors (Lipinski definition) is 7. The molecule has 0 fully saturated rings. The van der Waals surface area contributed by atoms with Crippen molar-refractivity contribution in [3.05, 3.63) is 62.3 Å². The molecule has 0 saturated heterocycles. The molecule has 0 radical (unpaired) electrons. The van der Waals surface area contributed by atoms with Crippen LogP contribution in [0, 0.1) is 0 Å². The fourth-order valence-electron chi connectivity index (χ4n) is 3.30. The minimum atomic E-state index is -0.721. The zero-order valence-corrected chi connectivity index (χ0v) is 18.8. The van der Waals surface area contributed by atoms with Crippen molar-refractivity contribution in [2.75, 3.05) is 46.1 Å². The monoisotopic (exact) mass is 445 g/mol. The number of nitrogens with two attached hydrogens (primary N) is 1. The fourth-order valence-corrected chi connectivity index (χ4v) is 3.30. The smallest absolute Gasteiger partial charge is 0.332 e. The average Bonchev–Trinajstić information content (AvgIpc) is 2.75. The van der Waals surface area contributed by atoms with E-state index in [0.29, 0.717) is 19.6 Å². The summed E-state index contributed by atoms with van der Waals surface area (Å²) in [7, 11) is 3.18. The molecule has 3 N–H and O–H groups in total. The van der Waals surface area contributed by atoms with Crippen LogP contribution in [-0.2, 0) is 22.6 Å². The zero-order chi connectivity index (χ0) is 23.7. The van der Waals surface area contributed by atoms with Crippen molar-refractivity contribution in [2.45, 2.75) is 26.4 Å². The van der Waals surface area contributed by atoms with E-state index in [0.717, 1.165) is 10.1 Å². The molecule has 0 aliphatic carbocycles. The third-order valence-electron chi connectivity index (χ3n) is 4.92. The van der Waals surface area contributed by atoms with Crippen LogP contribution in [0.2, 0.25) is 0 Å². The van der Waals surface area contributed by atoms with E-state index in [1.165, 1.54) is 9.47 Å². The first-order valence-electron chi connectivity index (χ1n) is 10.4. The van der Waals surface area contributed by atoms with Gasteiger partial charge in [-0.1, -0.05) is 30.3 Å². The number of methoxy groups -OCH3 is 1. The molecule has 0 unspecified atom stereocenters. The van der Waals surface area contributed by atoms with Gasteiger partial charge in [0.05, 0.1) is 19.6 Å². The molecular weight excluding hydrogens is 414 g/mol. The van der Waals surface area contributed by atoms with E-state index in [2.05, 4.69) is 5.32 Å². The van der Waals surface area contributed by atoms with E-state index in [1.807, 2.05) is 30.3 Å². The summed E-state index contributed by atoms with van der Waals surface area (Å²) < 4.78 is 7.16. The zero-order valence-electron chi connectivity index (χ0n) is 18.8. The Labute approximate surface area is 186 Å².